The van der Waals surface area contributed by atoms with Crippen LogP contribution >= 0.6 is 0 Å². The summed E-state index contributed by atoms with van der Waals surface area (Å²) < 4.78 is 5.45. The highest BCUT2D eigenvalue weighted by Gasteiger charge is 2.51. The normalized spacial score (nSPS) is 36.1. The Bertz CT molecular complexity index is 618. The van der Waals surface area contributed by atoms with Gasteiger partial charge in [0.15, 0.2) is 0 Å². The van der Waals surface area contributed by atoms with Crippen LogP contribution in [0.25, 0.3) is 0 Å². The van der Waals surface area contributed by atoms with Crippen molar-refractivity contribution in [1.82, 2.24) is 0 Å². The number of methoxy groups -OCH3 is 1. The summed E-state index contributed by atoms with van der Waals surface area (Å²) in [6.07, 6.45) is 8.89. The minimum atomic E-state index is -0.153. The molecule has 4 atom stereocenters. The minimum Gasteiger partial charge on any atom is -0.497 e. The first-order chi connectivity index (χ1) is 10.7. The molecule has 1 unspecified atom stereocenters. The third-order valence-electron chi connectivity index (χ3n) is 6.67. The van der Waals surface area contributed by atoms with Crippen molar-refractivity contribution in [2.24, 2.45) is 11.3 Å². The molecule has 4 rings (SSSR count). The van der Waals surface area contributed by atoms with Gasteiger partial charge >= 0.3 is 0 Å². The van der Waals surface area contributed by atoms with Gasteiger partial charge in [0.2, 0.25) is 0 Å². The van der Waals surface area contributed by atoms with Crippen LogP contribution < -0.4 is 4.74 Å². The lowest BCUT2D eigenvalue weighted by Gasteiger charge is -2.48. The molecule has 3 aliphatic rings. The Labute approximate surface area is 133 Å². The van der Waals surface area contributed by atoms with Crippen LogP contribution in [0.2, 0.25) is 0 Å². The van der Waals surface area contributed by atoms with Crippen molar-refractivity contribution < 1.29 is 9.84 Å². The second kappa shape index (κ2) is 5.13. The van der Waals surface area contributed by atoms with Crippen LogP contribution in [0.15, 0.2) is 29.8 Å². The molecule has 118 valence electrons. The van der Waals surface area contributed by atoms with Gasteiger partial charge < -0.3 is 9.84 Å². The van der Waals surface area contributed by atoms with Crippen LogP contribution in [0.4, 0.5) is 0 Å². The zero-order chi connectivity index (χ0) is 15.3. The van der Waals surface area contributed by atoms with Crippen LogP contribution in [0, 0.1) is 11.3 Å². The fourth-order valence-corrected chi connectivity index (χ4v) is 5.45. The summed E-state index contributed by atoms with van der Waals surface area (Å²) in [4.78, 5) is 0. The molecule has 2 nitrogen and oxygen atoms in total. The Morgan fingerprint density at radius 2 is 2.14 bits per heavy atom. The van der Waals surface area contributed by atoms with Gasteiger partial charge in [0.05, 0.1) is 13.2 Å². The third-order valence-corrected chi connectivity index (χ3v) is 6.67. The predicted molar refractivity (Wildman–Crippen MR) is 88.2 cm³/mol. The van der Waals surface area contributed by atoms with Gasteiger partial charge in [-0.15, -0.1) is 0 Å². The SMILES string of the molecule is CC[C@]12CC[C@@H]3c4cc(OC)ccc4CC[C@H]3C1=CCC2O. The van der Waals surface area contributed by atoms with Crippen LogP contribution in [0.5, 0.6) is 5.75 Å². The number of aryl methyl sites for hydroxylation is 1. The second-order valence-corrected chi connectivity index (χ2v) is 7.28. The molecule has 1 N–H and O–H groups in total. The lowest BCUT2D eigenvalue weighted by molar-refractivity contribution is 0.0311. The highest BCUT2D eigenvalue weighted by molar-refractivity contribution is 5.44. The van der Waals surface area contributed by atoms with E-state index in [0.717, 1.165) is 31.4 Å². The van der Waals surface area contributed by atoms with Gasteiger partial charge in [0.25, 0.3) is 0 Å². The fourth-order valence-electron chi connectivity index (χ4n) is 5.45. The summed E-state index contributed by atoms with van der Waals surface area (Å²) in [5.74, 6) is 2.23. The molecule has 0 amide bonds. The standard InChI is InChI=1S/C20H26O2/c1-3-20-11-10-15-16(18(20)8-9-19(20)21)7-5-13-4-6-14(22-2)12-17(13)15/h4,6,8,12,15-16,19,21H,3,5,7,9-11H2,1-2H3/t15-,16+,19?,20-/m0/s1. The number of ether oxygens (including phenoxy) is 1. The first kappa shape index (κ1) is 14.3. The summed E-state index contributed by atoms with van der Waals surface area (Å²) in [5.41, 5.74) is 4.66. The Hall–Kier alpha value is -1.28. The summed E-state index contributed by atoms with van der Waals surface area (Å²) in [5, 5.41) is 10.6. The number of fused-ring (bicyclic) bond motifs is 5. The first-order valence-electron chi connectivity index (χ1n) is 8.75. The molecule has 2 heteroatoms. The lowest BCUT2D eigenvalue weighted by Crippen LogP contribution is -2.41. The Morgan fingerprint density at radius 1 is 1.27 bits per heavy atom. The molecule has 1 saturated carbocycles. The maximum absolute atomic E-state index is 10.6. The lowest BCUT2D eigenvalue weighted by atomic mass is 9.56. The van der Waals surface area contributed by atoms with E-state index in [9.17, 15) is 5.11 Å². The van der Waals surface area contributed by atoms with E-state index in [1.54, 1.807) is 12.7 Å². The topological polar surface area (TPSA) is 29.5 Å². The van der Waals surface area contributed by atoms with E-state index in [1.165, 1.54) is 24.0 Å². The maximum atomic E-state index is 10.6. The van der Waals surface area contributed by atoms with E-state index >= 15 is 0 Å². The zero-order valence-electron chi connectivity index (χ0n) is 13.6. The molecular weight excluding hydrogens is 272 g/mol. The van der Waals surface area contributed by atoms with E-state index in [-0.39, 0.29) is 11.5 Å². The zero-order valence-corrected chi connectivity index (χ0v) is 13.6. The quantitative estimate of drug-likeness (QED) is 0.828. The van der Waals surface area contributed by atoms with Gasteiger partial charge in [-0.3, -0.25) is 0 Å². The van der Waals surface area contributed by atoms with E-state index in [0.29, 0.717) is 11.8 Å². The van der Waals surface area contributed by atoms with Crippen molar-refractivity contribution in [3.05, 3.63) is 41.0 Å². The summed E-state index contributed by atoms with van der Waals surface area (Å²) in [7, 11) is 1.75. The molecule has 3 aliphatic carbocycles. The molecule has 0 saturated heterocycles. The van der Waals surface area contributed by atoms with Gasteiger partial charge in [-0.2, -0.15) is 0 Å². The third kappa shape index (κ3) is 1.83. The highest BCUT2D eigenvalue weighted by Crippen LogP contribution is 2.60. The van der Waals surface area contributed by atoms with E-state index in [4.69, 9.17) is 4.74 Å². The molecule has 0 aromatic heterocycles. The van der Waals surface area contributed by atoms with Crippen LogP contribution in [-0.2, 0) is 6.42 Å². The van der Waals surface area contributed by atoms with Crippen molar-refractivity contribution in [3.63, 3.8) is 0 Å². The molecular formula is C20H26O2. The predicted octanol–water partition coefficient (Wildman–Crippen LogP) is 4.22. The number of aliphatic hydroxyl groups excluding tert-OH is 1. The minimum absolute atomic E-state index is 0.0809. The number of hydrogen-bond acceptors (Lipinski definition) is 2. The van der Waals surface area contributed by atoms with Gasteiger partial charge in [-0.25, -0.2) is 0 Å². The van der Waals surface area contributed by atoms with Crippen LogP contribution in [0.3, 0.4) is 0 Å². The van der Waals surface area contributed by atoms with E-state index in [2.05, 4.69) is 31.2 Å². The van der Waals surface area contributed by atoms with Gasteiger partial charge in [0, 0.05) is 5.41 Å². The average molecular weight is 298 g/mol. The van der Waals surface area contributed by atoms with Crippen LogP contribution in [-0.4, -0.2) is 18.3 Å². The summed E-state index contributed by atoms with van der Waals surface area (Å²) >= 11 is 0. The van der Waals surface area contributed by atoms with Crippen molar-refractivity contribution in [1.29, 1.82) is 0 Å². The summed E-state index contributed by atoms with van der Waals surface area (Å²) in [6.45, 7) is 2.25. The van der Waals surface area contributed by atoms with Gasteiger partial charge in [-0.1, -0.05) is 24.6 Å². The van der Waals surface area contributed by atoms with E-state index in [1.807, 2.05) is 0 Å². The van der Waals surface area contributed by atoms with Crippen molar-refractivity contribution in [3.8, 4) is 5.75 Å². The van der Waals surface area contributed by atoms with Gasteiger partial charge in [-0.05, 0) is 73.6 Å². The molecule has 0 aliphatic heterocycles. The Balaban J connectivity index is 1.74. The molecule has 0 bridgehead atoms. The number of hydrogen-bond donors (Lipinski definition) is 1. The molecule has 1 aromatic carbocycles. The maximum Gasteiger partial charge on any atom is 0.119 e. The smallest absolute Gasteiger partial charge is 0.119 e. The largest absolute Gasteiger partial charge is 0.497 e. The number of rotatable bonds is 2. The number of benzene rings is 1. The van der Waals surface area contributed by atoms with Crippen molar-refractivity contribution >= 4 is 0 Å². The molecule has 1 aromatic rings. The van der Waals surface area contributed by atoms with E-state index < -0.39 is 0 Å². The molecule has 0 heterocycles. The molecule has 0 spiro atoms. The molecule has 22 heavy (non-hydrogen) atoms. The second-order valence-electron chi connectivity index (χ2n) is 7.28. The first-order valence-corrected chi connectivity index (χ1v) is 8.75. The Kier molecular flexibility index (Phi) is 3.34. The molecule has 0 radical (unpaired) electrons. The Morgan fingerprint density at radius 3 is 2.91 bits per heavy atom. The fraction of sp³-hybridized carbons (Fsp3) is 0.600. The van der Waals surface area contributed by atoms with Crippen molar-refractivity contribution in [2.45, 2.75) is 57.5 Å². The van der Waals surface area contributed by atoms with Crippen molar-refractivity contribution in [2.75, 3.05) is 7.11 Å². The molecule has 1 fully saturated rings. The van der Waals surface area contributed by atoms with Crippen LogP contribution in [0.1, 0.15) is 56.1 Å². The average Bonchev–Trinajstić information content (AvgIpc) is 2.91. The number of aliphatic hydroxyl groups is 1. The highest BCUT2D eigenvalue weighted by atomic mass is 16.5. The summed E-state index contributed by atoms with van der Waals surface area (Å²) in [6, 6.07) is 6.61. The monoisotopic (exact) mass is 298 g/mol. The van der Waals surface area contributed by atoms with Gasteiger partial charge in [0.1, 0.15) is 5.75 Å².